The fourth-order valence-electron chi connectivity index (χ4n) is 4.51. The van der Waals surface area contributed by atoms with Crippen LogP contribution in [0.15, 0.2) is 54.6 Å². The van der Waals surface area contributed by atoms with Crippen LogP contribution in [0.1, 0.15) is 51.4 Å². The molecule has 0 unspecified atom stereocenters. The van der Waals surface area contributed by atoms with Crippen molar-refractivity contribution in [3.63, 3.8) is 0 Å². The quantitative estimate of drug-likeness (QED) is 0.445. The van der Waals surface area contributed by atoms with E-state index in [-0.39, 0.29) is 17.2 Å². The molecule has 1 N–H and O–H groups in total. The first-order valence-corrected chi connectivity index (χ1v) is 11.1. The number of carboxylic acid groups (broad SMARTS) is 1. The second-order valence-electron chi connectivity index (χ2n) is 8.37. The number of ether oxygens (including phenoxy) is 1. The average Bonchev–Trinajstić information content (AvgIpc) is 3.60. The van der Waals surface area contributed by atoms with Gasteiger partial charge in [-0.05, 0) is 72.7 Å². The molecule has 0 saturated heterocycles. The third kappa shape index (κ3) is 3.58. The molecule has 1 aliphatic carbocycles. The van der Waals surface area contributed by atoms with Gasteiger partial charge in [0.25, 0.3) is 5.91 Å². The Hall–Kier alpha value is -3.57. The number of hydrogen-bond acceptors (Lipinski definition) is 3. The second kappa shape index (κ2) is 8.09. The predicted octanol–water partition coefficient (Wildman–Crippen LogP) is 6.45. The van der Waals surface area contributed by atoms with Crippen molar-refractivity contribution in [2.75, 3.05) is 12.0 Å². The molecule has 1 heterocycles. The highest BCUT2D eigenvalue weighted by molar-refractivity contribution is 6.39. The van der Waals surface area contributed by atoms with Gasteiger partial charge in [-0.2, -0.15) is 0 Å². The van der Waals surface area contributed by atoms with Crippen LogP contribution in [-0.4, -0.2) is 24.1 Å². The van der Waals surface area contributed by atoms with Crippen LogP contribution in [-0.2, 0) is 4.79 Å². The van der Waals surface area contributed by atoms with Gasteiger partial charge in [0.05, 0.1) is 24.1 Å². The number of aromatic carboxylic acids is 1. The van der Waals surface area contributed by atoms with Crippen LogP contribution in [0.3, 0.4) is 0 Å². The highest BCUT2D eigenvalue weighted by Crippen LogP contribution is 2.47. The van der Waals surface area contributed by atoms with E-state index in [4.69, 9.17) is 16.3 Å². The zero-order valence-corrected chi connectivity index (χ0v) is 19.0. The van der Waals surface area contributed by atoms with E-state index >= 15 is 0 Å². The minimum absolute atomic E-state index is 0.0401. The van der Waals surface area contributed by atoms with Crippen molar-refractivity contribution in [3.8, 4) is 5.75 Å². The molecular weight excluding hydrogens is 438 g/mol. The van der Waals surface area contributed by atoms with Gasteiger partial charge in [-0.15, -0.1) is 0 Å². The van der Waals surface area contributed by atoms with Gasteiger partial charge in [0, 0.05) is 16.7 Å². The zero-order chi connectivity index (χ0) is 23.3. The van der Waals surface area contributed by atoms with Gasteiger partial charge in [0.2, 0.25) is 0 Å². The van der Waals surface area contributed by atoms with Crippen molar-refractivity contribution in [2.45, 2.75) is 25.7 Å². The molecule has 33 heavy (non-hydrogen) atoms. The van der Waals surface area contributed by atoms with Crippen molar-refractivity contribution in [1.82, 2.24) is 0 Å². The summed E-state index contributed by atoms with van der Waals surface area (Å²) < 4.78 is 5.29. The summed E-state index contributed by atoms with van der Waals surface area (Å²) in [7, 11) is 1.41. The molecular formula is C27H22ClNO4. The summed E-state index contributed by atoms with van der Waals surface area (Å²) in [6.07, 6.45) is 4.16. The van der Waals surface area contributed by atoms with E-state index in [1.807, 2.05) is 43.3 Å². The Morgan fingerprint density at radius 3 is 2.61 bits per heavy atom. The topological polar surface area (TPSA) is 66.8 Å². The van der Waals surface area contributed by atoms with Gasteiger partial charge in [-0.1, -0.05) is 35.9 Å². The molecule has 166 valence electrons. The van der Waals surface area contributed by atoms with Crippen molar-refractivity contribution >= 4 is 46.5 Å². The number of anilines is 2. The second-order valence-corrected chi connectivity index (χ2v) is 8.78. The number of carboxylic acids is 1. The number of benzene rings is 3. The minimum Gasteiger partial charge on any atom is -0.496 e. The highest BCUT2D eigenvalue weighted by atomic mass is 35.5. The van der Waals surface area contributed by atoms with Gasteiger partial charge in [0.1, 0.15) is 11.3 Å². The van der Waals surface area contributed by atoms with Crippen LogP contribution in [0, 0.1) is 6.92 Å². The number of fused-ring (bicyclic) bond motifs is 1. The van der Waals surface area contributed by atoms with E-state index in [0.717, 1.165) is 35.2 Å². The molecule has 1 saturated carbocycles. The van der Waals surface area contributed by atoms with Crippen molar-refractivity contribution < 1.29 is 19.4 Å². The van der Waals surface area contributed by atoms with Gasteiger partial charge < -0.3 is 9.84 Å². The fraction of sp³-hybridized carbons (Fsp3) is 0.185. The predicted molar refractivity (Wildman–Crippen MR) is 130 cm³/mol. The van der Waals surface area contributed by atoms with Crippen molar-refractivity contribution in [2.24, 2.45) is 0 Å². The molecule has 0 aromatic heterocycles. The molecule has 1 amide bonds. The van der Waals surface area contributed by atoms with E-state index in [1.165, 1.54) is 18.7 Å². The molecule has 0 radical (unpaired) electrons. The van der Waals surface area contributed by atoms with Crippen LogP contribution in [0.25, 0.3) is 11.6 Å². The lowest BCUT2D eigenvalue weighted by Crippen LogP contribution is -2.20. The Kier molecular flexibility index (Phi) is 5.22. The Morgan fingerprint density at radius 1 is 1.15 bits per heavy atom. The Balaban J connectivity index is 1.68. The number of carbonyl (C=O) groups excluding carboxylic acids is 1. The maximum absolute atomic E-state index is 13.8. The first-order chi connectivity index (χ1) is 15.9. The number of nitrogens with zero attached hydrogens (tertiary/aromatic N) is 1. The lowest BCUT2D eigenvalue weighted by atomic mass is 9.96. The van der Waals surface area contributed by atoms with Gasteiger partial charge >= 0.3 is 5.97 Å². The SMILES string of the molecule is COc1cc(N2C(=O)/C(=C\c3c(Cl)cccc3C3CC3)c3c(C)cccc32)ccc1C(=O)O. The van der Waals surface area contributed by atoms with Crippen LogP contribution in [0.5, 0.6) is 5.75 Å². The maximum atomic E-state index is 13.8. The number of carbonyl (C=O) groups is 2. The molecule has 0 bridgehead atoms. The molecule has 3 aromatic rings. The van der Waals surface area contributed by atoms with Crippen LogP contribution < -0.4 is 9.64 Å². The largest absolute Gasteiger partial charge is 0.496 e. The third-order valence-electron chi connectivity index (χ3n) is 6.26. The number of methoxy groups -OCH3 is 1. The Morgan fingerprint density at radius 2 is 1.91 bits per heavy atom. The van der Waals surface area contributed by atoms with Crippen LogP contribution >= 0.6 is 11.6 Å². The van der Waals surface area contributed by atoms with E-state index in [9.17, 15) is 14.7 Å². The van der Waals surface area contributed by atoms with E-state index in [2.05, 4.69) is 6.07 Å². The molecule has 5 nitrogen and oxygen atoms in total. The molecule has 6 heteroatoms. The lowest BCUT2D eigenvalue weighted by molar-refractivity contribution is -0.112. The van der Waals surface area contributed by atoms with Crippen molar-refractivity contribution in [1.29, 1.82) is 0 Å². The molecule has 3 aromatic carbocycles. The lowest BCUT2D eigenvalue weighted by Gasteiger charge is -2.19. The van der Waals surface area contributed by atoms with E-state index < -0.39 is 5.97 Å². The van der Waals surface area contributed by atoms with Gasteiger partial charge in [-0.3, -0.25) is 9.69 Å². The Labute approximate surface area is 196 Å². The average molecular weight is 460 g/mol. The summed E-state index contributed by atoms with van der Waals surface area (Å²) in [6.45, 7) is 1.98. The van der Waals surface area contributed by atoms with E-state index in [1.54, 1.807) is 17.0 Å². The molecule has 0 spiro atoms. The first-order valence-electron chi connectivity index (χ1n) is 10.8. The fourth-order valence-corrected chi connectivity index (χ4v) is 4.75. The number of rotatable bonds is 5. The molecule has 2 aliphatic rings. The summed E-state index contributed by atoms with van der Waals surface area (Å²) in [4.78, 5) is 26.9. The molecule has 0 atom stereocenters. The smallest absolute Gasteiger partial charge is 0.339 e. The standard InChI is InChI=1S/C27H22ClNO4/c1-15-5-3-8-23-25(15)21(14-20-18(16-9-10-16)6-4-7-22(20)28)26(30)29(23)17-11-12-19(27(31)32)24(13-17)33-2/h3-8,11-14,16H,9-10H2,1-2H3,(H,31,32)/b21-14-. The van der Waals surface area contributed by atoms with E-state index in [0.29, 0.717) is 22.2 Å². The number of amides is 1. The van der Waals surface area contributed by atoms with Gasteiger partial charge in [-0.25, -0.2) is 4.79 Å². The minimum atomic E-state index is -1.09. The molecule has 1 fully saturated rings. The van der Waals surface area contributed by atoms with Gasteiger partial charge in [0.15, 0.2) is 0 Å². The Bertz CT molecular complexity index is 1340. The van der Waals surface area contributed by atoms with Crippen LogP contribution in [0.4, 0.5) is 11.4 Å². The number of hydrogen-bond donors (Lipinski definition) is 1. The number of halogens is 1. The summed E-state index contributed by atoms with van der Waals surface area (Å²) >= 11 is 6.59. The maximum Gasteiger partial charge on any atom is 0.339 e. The first kappa shape index (κ1) is 21.3. The van der Waals surface area contributed by atoms with Crippen LogP contribution in [0.2, 0.25) is 5.02 Å². The molecule has 1 aliphatic heterocycles. The number of aryl methyl sites for hydroxylation is 1. The highest BCUT2D eigenvalue weighted by Gasteiger charge is 2.36. The van der Waals surface area contributed by atoms with Crippen molar-refractivity contribution in [3.05, 3.63) is 87.4 Å². The summed E-state index contributed by atoms with van der Waals surface area (Å²) in [6, 6.07) is 16.3. The summed E-state index contributed by atoms with van der Waals surface area (Å²) in [5, 5.41) is 10.1. The summed E-state index contributed by atoms with van der Waals surface area (Å²) in [5.74, 6) is -0.603. The normalized spacial score (nSPS) is 16.3. The monoisotopic (exact) mass is 459 g/mol. The molecule has 5 rings (SSSR count). The third-order valence-corrected chi connectivity index (χ3v) is 6.59. The zero-order valence-electron chi connectivity index (χ0n) is 18.3. The summed E-state index contributed by atoms with van der Waals surface area (Å²) in [5.41, 5.74) is 5.78.